The van der Waals surface area contributed by atoms with Crippen LogP contribution in [0.1, 0.15) is 75.5 Å². The second-order valence-electron chi connectivity index (χ2n) is 9.49. The summed E-state index contributed by atoms with van der Waals surface area (Å²) in [6.45, 7) is 7.16. The minimum Gasteiger partial charge on any atom is -0.490 e. The van der Waals surface area contributed by atoms with E-state index in [2.05, 4.69) is 10.4 Å². The van der Waals surface area contributed by atoms with Crippen molar-refractivity contribution >= 4 is 11.8 Å². The van der Waals surface area contributed by atoms with Crippen LogP contribution in [-0.4, -0.2) is 56.3 Å². The number of amides is 2. The van der Waals surface area contributed by atoms with Crippen LogP contribution in [0.5, 0.6) is 5.75 Å². The van der Waals surface area contributed by atoms with Crippen molar-refractivity contribution in [1.29, 1.82) is 0 Å². The number of carbonyl (C=O) groups is 2. The van der Waals surface area contributed by atoms with Crippen molar-refractivity contribution in [2.24, 2.45) is 0 Å². The average molecular weight is 488 g/mol. The van der Waals surface area contributed by atoms with Gasteiger partial charge in [-0.3, -0.25) is 14.2 Å². The van der Waals surface area contributed by atoms with Gasteiger partial charge in [-0.1, -0.05) is 13.3 Å². The quantitative estimate of drug-likeness (QED) is 0.648. The van der Waals surface area contributed by atoms with Crippen LogP contribution in [0.2, 0.25) is 0 Å². The van der Waals surface area contributed by atoms with E-state index in [4.69, 9.17) is 4.74 Å². The van der Waals surface area contributed by atoms with Gasteiger partial charge >= 0.3 is 5.69 Å². The van der Waals surface area contributed by atoms with Gasteiger partial charge in [0, 0.05) is 45.1 Å². The minimum atomic E-state index is -0.713. The van der Waals surface area contributed by atoms with E-state index in [-0.39, 0.29) is 40.7 Å². The highest BCUT2D eigenvalue weighted by molar-refractivity contribution is 5.97. The summed E-state index contributed by atoms with van der Waals surface area (Å²) >= 11 is 0. The molecule has 35 heavy (non-hydrogen) atoms. The molecule has 1 unspecified atom stereocenters. The number of hydrogen-bond donors (Lipinski definition) is 1. The van der Waals surface area contributed by atoms with Gasteiger partial charge in [-0.15, -0.1) is 5.10 Å². The third kappa shape index (κ3) is 5.41. The first-order valence-corrected chi connectivity index (χ1v) is 12.5. The Balaban J connectivity index is 1.63. The molecule has 1 atom stereocenters. The topological polar surface area (TPSA) is 98.5 Å². The second-order valence-corrected chi connectivity index (χ2v) is 9.49. The highest BCUT2D eigenvalue weighted by atomic mass is 19.1. The summed E-state index contributed by atoms with van der Waals surface area (Å²) in [7, 11) is 0. The van der Waals surface area contributed by atoms with Crippen molar-refractivity contribution in [3.63, 3.8) is 0 Å². The number of nitrogens with one attached hydrogen (secondary N) is 1. The van der Waals surface area contributed by atoms with Crippen LogP contribution in [0.15, 0.2) is 16.9 Å². The lowest BCUT2D eigenvalue weighted by atomic mass is 10.0. The number of fused-ring (bicyclic) bond motifs is 1. The van der Waals surface area contributed by atoms with Crippen molar-refractivity contribution in [3.8, 4) is 11.4 Å². The molecule has 1 N–H and O–H groups in total. The van der Waals surface area contributed by atoms with E-state index in [1.165, 1.54) is 13.0 Å². The molecule has 190 valence electrons. The predicted molar refractivity (Wildman–Crippen MR) is 128 cm³/mol. The molecule has 3 heterocycles. The van der Waals surface area contributed by atoms with Crippen molar-refractivity contribution in [3.05, 3.63) is 39.8 Å². The molecule has 1 saturated heterocycles. The summed E-state index contributed by atoms with van der Waals surface area (Å²) in [5, 5.41) is 7.33. The van der Waals surface area contributed by atoms with Gasteiger partial charge in [0.25, 0.3) is 5.91 Å². The number of halogens is 1. The molecule has 4 rings (SSSR count). The van der Waals surface area contributed by atoms with Crippen LogP contribution in [-0.2, 0) is 17.8 Å². The Bertz CT molecular complexity index is 1150. The predicted octanol–water partition coefficient (Wildman–Crippen LogP) is 2.82. The highest BCUT2D eigenvalue weighted by Gasteiger charge is 2.27. The number of aromatic nitrogens is 3. The van der Waals surface area contributed by atoms with Crippen LogP contribution < -0.4 is 15.7 Å². The Kier molecular flexibility index (Phi) is 7.57. The van der Waals surface area contributed by atoms with E-state index in [0.717, 1.165) is 36.4 Å². The van der Waals surface area contributed by atoms with Crippen molar-refractivity contribution in [2.45, 2.75) is 84.4 Å². The standard InChI is InChI=1S/C25H34FN5O4/c1-4-7-16(2)35-22-15-21(31-25(34)30-11-6-5-8-23(30)28-31)20(26)14-19(22)24(33)27-18-9-12-29(13-10-18)17(3)32/h14-16,18H,4-13H2,1-3H3,(H,27,33). The monoisotopic (exact) mass is 487 g/mol. The molecular weight excluding hydrogens is 453 g/mol. The number of hydrogen-bond acceptors (Lipinski definition) is 5. The zero-order valence-electron chi connectivity index (χ0n) is 20.7. The molecule has 2 aliphatic heterocycles. The number of carbonyl (C=O) groups excluding carboxylic acids is 2. The first-order valence-electron chi connectivity index (χ1n) is 12.5. The van der Waals surface area contributed by atoms with Crippen LogP contribution in [0.25, 0.3) is 5.69 Å². The summed E-state index contributed by atoms with van der Waals surface area (Å²) < 4.78 is 24.1. The summed E-state index contributed by atoms with van der Waals surface area (Å²) in [5.41, 5.74) is -0.331. The summed E-state index contributed by atoms with van der Waals surface area (Å²) in [5.74, 6) is -0.272. The fourth-order valence-corrected chi connectivity index (χ4v) is 4.82. The molecule has 0 radical (unpaired) electrons. The fourth-order valence-electron chi connectivity index (χ4n) is 4.82. The normalized spacial score (nSPS) is 17.1. The number of benzene rings is 1. The van der Waals surface area contributed by atoms with Gasteiger partial charge < -0.3 is 15.0 Å². The van der Waals surface area contributed by atoms with Gasteiger partial charge in [-0.2, -0.15) is 4.68 Å². The zero-order chi connectivity index (χ0) is 25.1. The molecule has 0 bridgehead atoms. The van der Waals surface area contributed by atoms with Crippen LogP contribution >= 0.6 is 0 Å². The molecule has 1 fully saturated rings. The van der Waals surface area contributed by atoms with E-state index in [0.29, 0.717) is 44.7 Å². The smallest absolute Gasteiger partial charge is 0.350 e. The number of likely N-dealkylation sites (tertiary alicyclic amines) is 1. The molecular formula is C25H34FN5O4. The summed E-state index contributed by atoms with van der Waals surface area (Å²) in [4.78, 5) is 39.4. The maximum Gasteiger partial charge on any atom is 0.350 e. The Morgan fingerprint density at radius 2 is 1.97 bits per heavy atom. The van der Waals surface area contributed by atoms with Crippen molar-refractivity contribution < 1.29 is 18.7 Å². The summed E-state index contributed by atoms with van der Waals surface area (Å²) in [6, 6.07) is 2.42. The molecule has 0 spiro atoms. The van der Waals surface area contributed by atoms with E-state index < -0.39 is 11.7 Å². The SMILES string of the molecule is CCCC(C)Oc1cc(-n2nc3n(c2=O)CCCC3)c(F)cc1C(=O)NC1CCN(C(C)=O)CC1. The van der Waals surface area contributed by atoms with Gasteiger partial charge in [0.15, 0.2) is 0 Å². The van der Waals surface area contributed by atoms with Crippen LogP contribution in [0.4, 0.5) is 4.39 Å². The second kappa shape index (κ2) is 10.6. The van der Waals surface area contributed by atoms with E-state index in [1.54, 1.807) is 9.47 Å². The maximum absolute atomic E-state index is 15.3. The van der Waals surface area contributed by atoms with Gasteiger partial charge in [0.1, 0.15) is 23.1 Å². The number of aryl methyl sites for hydroxylation is 1. The van der Waals surface area contributed by atoms with Crippen molar-refractivity contribution in [1.82, 2.24) is 24.6 Å². The molecule has 10 heteroatoms. The molecule has 2 aliphatic rings. The number of piperidine rings is 1. The third-order valence-corrected chi connectivity index (χ3v) is 6.79. The molecule has 9 nitrogen and oxygen atoms in total. The van der Waals surface area contributed by atoms with Gasteiger partial charge in [0.05, 0.1) is 11.7 Å². The Labute approximate surface area is 204 Å². The molecule has 0 aliphatic carbocycles. The summed E-state index contributed by atoms with van der Waals surface area (Å²) in [6.07, 6.45) is 5.20. The number of ether oxygens (including phenoxy) is 1. The Morgan fingerprint density at radius 1 is 1.23 bits per heavy atom. The first kappa shape index (κ1) is 24.9. The lowest BCUT2D eigenvalue weighted by Crippen LogP contribution is -2.46. The third-order valence-electron chi connectivity index (χ3n) is 6.79. The van der Waals surface area contributed by atoms with Crippen molar-refractivity contribution in [2.75, 3.05) is 13.1 Å². The van der Waals surface area contributed by atoms with Gasteiger partial charge in [-0.25, -0.2) is 9.18 Å². The van der Waals surface area contributed by atoms with Gasteiger partial charge in [-0.05, 0) is 45.1 Å². The van der Waals surface area contributed by atoms with E-state index in [1.807, 2.05) is 13.8 Å². The number of rotatable bonds is 7. The molecule has 2 amide bonds. The van der Waals surface area contributed by atoms with E-state index in [9.17, 15) is 14.4 Å². The molecule has 1 aromatic heterocycles. The highest BCUT2D eigenvalue weighted by Crippen LogP contribution is 2.28. The first-order chi connectivity index (χ1) is 16.8. The van der Waals surface area contributed by atoms with E-state index >= 15 is 4.39 Å². The van der Waals surface area contributed by atoms with Crippen LogP contribution in [0, 0.1) is 5.82 Å². The molecule has 0 saturated carbocycles. The minimum absolute atomic E-state index is 0.0178. The Hall–Kier alpha value is -3.17. The largest absolute Gasteiger partial charge is 0.490 e. The fraction of sp³-hybridized carbons (Fsp3) is 0.600. The van der Waals surface area contributed by atoms with Crippen LogP contribution in [0.3, 0.4) is 0 Å². The maximum atomic E-state index is 15.3. The Morgan fingerprint density at radius 3 is 2.63 bits per heavy atom. The van der Waals surface area contributed by atoms with Gasteiger partial charge in [0.2, 0.25) is 5.91 Å². The lowest BCUT2D eigenvalue weighted by molar-refractivity contribution is -0.129. The average Bonchev–Trinajstić information content (AvgIpc) is 3.16. The zero-order valence-corrected chi connectivity index (χ0v) is 20.7. The molecule has 2 aromatic rings. The molecule has 1 aromatic carbocycles. The number of nitrogens with zero attached hydrogens (tertiary/aromatic N) is 4. The lowest BCUT2D eigenvalue weighted by Gasteiger charge is -2.31.